The Morgan fingerprint density at radius 3 is 2.66 bits per heavy atom. The van der Waals surface area contributed by atoms with E-state index in [0.717, 1.165) is 10.0 Å². The quantitative estimate of drug-likeness (QED) is 0.560. The van der Waals surface area contributed by atoms with Gasteiger partial charge in [-0.2, -0.15) is 0 Å². The monoisotopic (exact) mass is 456 g/mol. The van der Waals surface area contributed by atoms with Crippen molar-refractivity contribution in [3.63, 3.8) is 0 Å². The van der Waals surface area contributed by atoms with Crippen molar-refractivity contribution in [2.45, 2.75) is 19.8 Å². The number of likely N-dealkylation sites (tertiary alicyclic amines) is 1. The molecular weight excluding hydrogens is 436 g/mol. The summed E-state index contributed by atoms with van der Waals surface area (Å²) in [7, 11) is 0. The molecule has 0 saturated carbocycles. The second kappa shape index (κ2) is 8.32. The summed E-state index contributed by atoms with van der Waals surface area (Å²) in [6.45, 7) is 3.28. The van der Waals surface area contributed by atoms with Crippen LogP contribution in [0.15, 0.2) is 47.1 Å². The molecule has 3 heterocycles. The first-order chi connectivity index (χ1) is 14.1. The first-order valence-electron chi connectivity index (χ1n) is 9.64. The highest BCUT2D eigenvalue weighted by Gasteiger charge is 2.28. The minimum absolute atomic E-state index is 0.0553. The zero-order valence-electron chi connectivity index (χ0n) is 16.0. The van der Waals surface area contributed by atoms with Gasteiger partial charge in [-0.3, -0.25) is 14.0 Å². The number of hydrogen-bond donors (Lipinski definition) is 0. The number of benzene rings is 1. The number of halogens is 1. The highest BCUT2D eigenvalue weighted by molar-refractivity contribution is 9.10. The van der Waals surface area contributed by atoms with Gasteiger partial charge in [0.05, 0.1) is 12.5 Å². The summed E-state index contributed by atoms with van der Waals surface area (Å²) in [5.41, 5.74) is 2.11. The summed E-state index contributed by atoms with van der Waals surface area (Å²) < 4.78 is 7.89. The SMILES string of the molecule is CCOC(=O)C1CCN(C(=O)c2ccn3c(-c4ccccc4Br)nnc3c2)CC1. The van der Waals surface area contributed by atoms with Crippen LogP contribution in [-0.4, -0.2) is 51.1 Å². The Morgan fingerprint density at radius 2 is 1.93 bits per heavy atom. The van der Waals surface area contributed by atoms with Gasteiger partial charge in [-0.25, -0.2) is 0 Å². The summed E-state index contributed by atoms with van der Waals surface area (Å²) in [6, 6.07) is 11.3. The van der Waals surface area contributed by atoms with Crippen molar-refractivity contribution in [2.24, 2.45) is 5.92 Å². The molecule has 0 radical (unpaired) electrons. The Labute approximate surface area is 176 Å². The highest BCUT2D eigenvalue weighted by atomic mass is 79.9. The van der Waals surface area contributed by atoms with Gasteiger partial charge < -0.3 is 9.64 Å². The van der Waals surface area contributed by atoms with Gasteiger partial charge in [-0.15, -0.1) is 10.2 Å². The van der Waals surface area contributed by atoms with Gasteiger partial charge >= 0.3 is 5.97 Å². The number of carbonyl (C=O) groups is 2. The standard InChI is InChI=1S/C21H21BrN4O3/c1-2-29-21(28)14-7-10-25(11-8-14)20(27)15-9-12-26-18(13-15)23-24-19(26)16-5-3-4-6-17(16)22/h3-6,9,12-14H,2,7-8,10-11H2,1H3. The van der Waals surface area contributed by atoms with Crippen LogP contribution in [0.4, 0.5) is 0 Å². The molecule has 0 N–H and O–H groups in total. The molecule has 7 nitrogen and oxygen atoms in total. The van der Waals surface area contributed by atoms with Crippen molar-refractivity contribution in [2.75, 3.05) is 19.7 Å². The van der Waals surface area contributed by atoms with Gasteiger partial charge in [0.15, 0.2) is 11.5 Å². The normalized spacial score (nSPS) is 14.9. The Morgan fingerprint density at radius 1 is 1.17 bits per heavy atom. The maximum absolute atomic E-state index is 12.9. The number of hydrogen-bond acceptors (Lipinski definition) is 5. The van der Waals surface area contributed by atoms with Crippen LogP contribution in [0, 0.1) is 5.92 Å². The van der Waals surface area contributed by atoms with E-state index in [1.807, 2.05) is 34.9 Å². The topological polar surface area (TPSA) is 76.8 Å². The molecule has 4 rings (SSSR count). The summed E-state index contributed by atoms with van der Waals surface area (Å²) in [4.78, 5) is 26.6. The molecule has 1 aromatic carbocycles. The van der Waals surface area contributed by atoms with Crippen molar-refractivity contribution in [1.82, 2.24) is 19.5 Å². The van der Waals surface area contributed by atoms with E-state index in [2.05, 4.69) is 26.1 Å². The van der Waals surface area contributed by atoms with Crippen molar-refractivity contribution < 1.29 is 14.3 Å². The third-order valence-electron chi connectivity index (χ3n) is 5.17. The number of aromatic nitrogens is 3. The van der Waals surface area contributed by atoms with E-state index >= 15 is 0 Å². The molecule has 1 fully saturated rings. The van der Waals surface area contributed by atoms with E-state index in [1.165, 1.54) is 0 Å². The van der Waals surface area contributed by atoms with Gasteiger partial charge in [0, 0.05) is 34.9 Å². The van der Waals surface area contributed by atoms with E-state index in [1.54, 1.807) is 24.0 Å². The lowest BCUT2D eigenvalue weighted by molar-refractivity contribution is -0.149. The van der Waals surface area contributed by atoms with Gasteiger partial charge in [-0.1, -0.05) is 34.1 Å². The Kier molecular flexibility index (Phi) is 5.62. The fourth-order valence-electron chi connectivity index (χ4n) is 3.61. The third kappa shape index (κ3) is 3.89. The number of amides is 1. The van der Waals surface area contributed by atoms with Crippen LogP contribution in [0.3, 0.4) is 0 Å². The van der Waals surface area contributed by atoms with Crippen LogP contribution >= 0.6 is 15.9 Å². The molecule has 0 unspecified atom stereocenters. The van der Waals surface area contributed by atoms with Gasteiger partial charge in [0.25, 0.3) is 5.91 Å². The first kappa shape index (κ1) is 19.6. The molecule has 1 amide bonds. The molecule has 1 aliphatic rings. The molecule has 0 atom stereocenters. The van der Waals surface area contributed by atoms with Gasteiger partial charge in [-0.05, 0) is 38.0 Å². The van der Waals surface area contributed by atoms with Crippen LogP contribution in [0.1, 0.15) is 30.1 Å². The van der Waals surface area contributed by atoms with Gasteiger partial charge in [0.1, 0.15) is 0 Å². The molecule has 150 valence electrons. The van der Waals surface area contributed by atoms with Crippen LogP contribution in [-0.2, 0) is 9.53 Å². The molecule has 29 heavy (non-hydrogen) atoms. The molecule has 0 aliphatic carbocycles. The van der Waals surface area contributed by atoms with E-state index < -0.39 is 0 Å². The largest absolute Gasteiger partial charge is 0.466 e. The fourth-order valence-corrected chi connectivity index (χ4v) is 4.07. The van der Waals surface area contributed by atoms with Gasteiger partial charge in [0.2, 0.25) is 0 Å². The smallest absolute Gasteiger partial charge is 0.309 e. The van der Waals surface area contributed by atoms with E-state index in [-0.39, 0.29) is 17.8 Å². The molecule has 2 aromatic heterocycles. The van der Waals surface area contributed by atoms with Crippen LogP contribution in [0.25, 0.3) is 17.0 Å². The van der Waals surface area contributed by atoms with Crippen LogP contribution in [0.5, 0.6) is 0 Å². The van der Waals surface area contributed by atoms with Crippen molar-refractivity contribution in [3.05, 3.63) is 52.6 Å². The Balaban J connectivity index is 1.51. The zero-order chi connectivity index (χ0) is 20.4. The number of rotatable bonds is 4. The predicted molar refractivity (Wildman–Crippen MR) is 111 cm³/mol. The van der Waals surface area contributed by atoms with E-state index in [0.29, 0.717) is 49.6 Å². The second-order valence-corrected chi connectivity index (χ2v) is 7.82. The minimum atomic E-state index is -0.163. The van der Waals surface area contributed by atoms with E-state index in [4.69, 9.17) is 4.74 Å². The number of piperidine rings is 1. The molecular formula is C21H21BrN4O3. The summed E-state index contributed by atoms with van der Waals surface area (Å²) in [6.07, 6.45) is 3.08. The second-order valence-electron chi connectivity index (χ2n) is 6.97. The predicted octanol–water partition coefficient (Wildman–Crippen LogP) is 3.57. The highest BCUT2D eigenvalue weighted by Crippen LogP contribution is 2.27. The van der Waals surface area contributed by atoms with E-state index in [9.17, 15) is 9.59 Å². The van der Waals surface area contributed by atoms with Crippen LogP contribution < -0.4 is 0 Å². The fraction of sp³-hybridized carbons (Fsp3) is 0.333. The Bertz CT molecular complexity index is 1060. The van der Waals surface area contributed by atoms with Crippen LogP contribution in [0.2, 0.25) is 0 Å². The molecule has 1 aliphatic heterocycles. The van der Waals surface area contributed by atoms with Crippen molar-refractivity contribution >= 4 is 33.5 Å². The number of ether oxygens (including phenoxy) is 1. The molecule has 3 aromatic rings. The van der Waals surface area contributed by atoms with Crippen molar-refractivity contribution in [1.29, 1.82) is 0 Å². The maximum atomic E-state index is 12.9. The summed E-state index contributed by atoms with van der Waals surface area (Å²) >= 11 is 3.54. The average molecular weight is 457 g/mol. The minimum Gasteiger partial charge on any atom is -0.466 e. The lowest BCUT2D eigenvalue weighted by Gasteiger charge is -2.30. The lowest BCUT2D eigenvalue weighted by Crippen LogP contribution is -2.40. The average Bonchev–Trinajstić information content (AvgIpc) is 3.17. The molecule has 0 bridgehead atoms. The number of carbonyl (C=O) groups excluding carboxylic acids is 2. The summed E-state index contributed by atoms with van der Waals surface area (Å²) in [5, 5.41) is 8.53. The number of pyridine rings is 1. The summed E-state index contributed by atoms with van der Waals surface area (Å²) in [5.74, 6) is 0.371. The van der Waals surface area contributed by atoms with Crippen molar-refractivity contribution in [3.8, 4) is 11.4 Å². The molecule has 0 spiro atoms. The third-order valence-corrected chi connectivity index (χ3v) is 5.87. The first-order valence-corrected chi connectivity index (χ1v) is 10.4. The number of nitrogens with zero attached hydrogens (tertiary/aromatic N) is 4. The number of esters is 1. The molecule has 1 saturated heterocycles. The zero-order valence-corrected chi connectivity index (χ0v) is 17.6. The maximum Gasteiger partial charge on any atom is 0.309 e. The molecule has 8 heteroatoms. The lowest BCUT2D eigenvalue weighted by atomic mass is 9.96. The number of fused-ring (bicyclic) bond motifs is 1. The Hall–Kier alpha value is -2.74.